The lowest BCUT2D eigenvalue weighted by molar-refractivity contribution is -0.115. The van der Waals surface area contributed by atoms with Gasteiger partial charge in [0.2, 0.25) is 0 Å². The van der Waals surface area contributed by atoms with Crippen molar-refractivity contribution in [1.82, 2.24) is 5.32 Å². The van der Waals surface area contributed by atoms with Crippen LogP contribution in [-0.4, -0.2) is 19.6 Å². The summed E-state index contributed by atoms with van der Waals surface area (Å²) in [6, 6.07) is 21.6. The van der Waals surface area contributed by atoms with Crippen LogP contribution in [0.4, 0.5) is 10.5 Å². The molecule has 0 spiro atoms. The molecule has 1 aliphatic rings. The highest BCUT2D eigenvalue weighted by atomic mass is 32.2. The number of carbonyl (C=O) groups excluding carboxylic acids is 2. The van der Waals surface area contributed by atoms with Crippen LogP contribution in [0.5, 0.6) is 11.5 Å². The summed E-state index contributed by atoms with van der Waals surface area (Å²) >= 11 is 0.855. The summed E-state index contributed by atoms with van der Waals surface area (Å²) in [4.78, 5) is 23.3. The van der Waals surface area contributed by atoms with E-state index in [4.69, 9.17) is 4.74 Å². The quantitative estimate of drug-likeness (QED) is 0.530. The van der Waals surface area contributed by atoms with Crippen molar-refractivity contribution in [2.24, 2.45) is 0 Å². The molecule has 1 fully saturated rings. The average molecular weight is 453 g/mol. The van der Waals surface area contributed by atoms with E-state index in [0.29, 0.717) is 22.1 Å². The van der Waals surface area contributed by atoms with Crippen molar-refractivity contribution in [3.63, 3.8) is 0 Å². The van der Waals surface area contributed by atoms with Gasteiger partial charge in [-0.3, -0.25) is 19.6 Å². The number of hydrogen-bond acceptors (Lipinski definition) is 6. The lowest BCUT2D eigenvalue weighted by Crippen LogP contribution is -2.17. The third kappa shape index (κ3) is 5.14. The minimum atomic E-state index is -3.70. The van der Waals surface area contributed by atoms with Gasteiger partial charge in [0.15, 0.2) is 0 Å². The number of amides is 2. The number of hydrogen-bond donors (Lipinski definition) is 2. The van der Waals surface area contributed by atoms with Gasteiger partial charge in [-0.2, -0.15) is 0 Å². The van der Waals surface area contributed by atoms with Crippen LogP contribution in [0.3, 0.4) is 0 Å². The van der Waals surface area contributed by atoms with E-state index < -0.39 is 15.9 Å². The van der Waals surface area contributed by atoms with Gasteiger partial charge in [-0.05, 0) is 71.9 Å². The highest BCUT2D eigenvalue weighted by Crippen LogP contribution is 2.28. The third-order valence-electron chi connectivity index (χ3n) is 4.22. The van der Waals surface area contributed by atoms with Crippen LogP contribution in [0, 0.1) is 0 Å². The van der Waals surface area contributed by atoms with Crippen molar-refractivity contribution >= 4 is 44.7 Å². The zero-order valence-corrected chi connectivity index (χ0v) is 17.6. The van der Waals surface area contributed by atoms with E-state index in [2.05, 4.69) is 10.0 Å². The summed E-state index contributed by atoms with van der Waals surface area (Å²) in [5.74, 6) is 0.605. The number of para-hydroxylation sites is 1. The third-order valence-corrected chi connectivity index (χ3v) is 6.42. The number of ether oxygens (including phenoxy) is 1. The fourth-order valence-corrected chi connectivity index (χ4v) is 4.49. The second-order valence-corrected chi connectivity index (χ2v) is 9.16. The van der Waals surface area contributed by atoms with Gasteiger partial charge in [0.1, 0.15) is 11.5 Å². The van der Waals surface area contributed by atoms with E-state index in [1.807, 2.05) is 0 Å². The van der Waals surface area contributed by atoms with Crippen LogP contribution in [0.25, 0.3) is 6.08 Å². The molecule has 156 valence electrons. The number of nitrogens with one attached hydrogen (secondary N) is 2. The number of imide groups is 1. The van der Waals surface area contributed by atoms with Gasteiger partial charge in [0, 0.05) is 5.69 Å². The van der Waals surface area contributed by atoms with Crippen molar-refractivity contribution in [2.75, 3.05) is 4.72 Å². The molecule has 1 heterocycles. The Labute approximate surface area is 183 Å². The first-order valence-electron chi connectivity index (χ1n) is 9.10. The molecule has 3 aromatic carbocycles. The smallest absolute Gasteiger partial charge is 0.290 e. The van der Waals surface area contributed by atoms with Crippen LogP contribution in [-0.2, 0) is 14.8 Å². The van der Waals surface area contributed by atoms with Gasteiger partial charge in [0.25, 0.3) is 21.2 Å². The van der Waals surface area contributed by atoms with Gasteiger partial charge in [-0.15, -0.1) is 0 Å². The van der Waals surface area contributed by atoms with E-state index in [-0.39, 0.29) is 10.1 Å². The largest absolute Gasteiger partial charge is 0.457 e. The predicted molar refractivity (Wildman–Crippen MR) is 119 cm³/mol. The zero-order valence-electron chi connectivity index (χ0n) is 15.9. The van der Waals surface area contributed by atoms with Crippen molar-refractivity contribution < 1.29 is 22.7 Å². The van der Waals surface area contributed by atoms with Gasteiger partial charge in [0.05, 0.1) is 9.80 Å². The maximum Gasteiger partial charge on any atom is 0.290 e. The Morgan fingerprint density at radius 2 is 1.45 bits per heavy atom. The average Bonchev–Trinajstić information content (AvgIpc) is 3.07. The fraction of sp³-hybridized carbons (Fsp3) is 0. The molecule has 0 aliphatic carbocycles. The Balaban J connectivity index is 1.43. The number of sulfonamides is 1. The molecule has 2 amide bonds. The number of rotatable bonds is 6. The number of thioether (sulfide) groups is 1. The highest BCUT2D eigenvalue weighted by molar-refractivity contribution is 8.18. The molecule has 0 atom stereocenters. The summed E-state index contributed by atoms with van der Waals surface area (Å²) in [5, 5.41) is 1.82. The highest BCUT2D eigenvalue weighted by Gasteiger charge is 2.24. The van der Waals surface area contributed by atoms with Crippen LogP contribution >= 0.6 is 11.8 Å². The lowest BCUT2D eigenvalue weighted by atomic mass is 10.2. The predicted octanol–water partition coefficient (Wildman–Crippen LogP) is 4.60. The number of anilines is 1. The number of benzene rings is 3. The number of carbonyl (C=O) groups is 2. The molecule has 0 saturated carbocycles. The first-order valence-corrected chi connectivity index (χ1v) is 11.4. The second kappa shape index (κ2) is 8.66. The Hall–Kier alpha value is -3.56. The molecule has 3 aromatic rings. The van der Waals surface area contributed by atoms with Crippen LogP contribution in [0.1, 0.15) is 5.56 Å². The molecule has 1 aliphatic heterocycles. The van der Waals surface area contributed by atoms with Crippen molar-refractivity contribution in [1.29, 1.82) is 0 Å². The minimum Gasteiger partial charge on any atom is -0.457 e. The molecule has 9 heteroatoms. The topological polar surface area (TPSA) is 102 Å². The molecule has 0 radical (unpaired) electrons. The first kappa shape index (κ1) is 20.7. The lowest BCUT2D eigenvalue weighted by Gasteiger charge is -2.09. The van der Waals surface area contributed by atoms with Gasteiger partial charge < -0.3 is 4.74 Å². The monoisotopic (exact) mass is 452 g/mol. The Morgan fingerprint density at radius 1 is 0.839 bits per heavy atom. The molecule has 1 saturated heterocycles. The molecule has 0 aromatic heterocycles. The molecular weight excluding hydrogens is 436 g/mol. The summed E-state index contributed by atoms with van der Waals surface area (Å²) in [6.07, 6.45) is 1.62. The molecule has 0 unspecified atom stereocenters. The second-order valence-electron chi connectivity index (χ2n) is 6.47. The van der Waals surface area contributed by atoms with Crippen molar-refractivity contribution in [2.45, 2.75) is 4.90 Å². The summed E-state index contributed by atoms with van der Waals surface area (Å²) in [5.41, 5.74) is 1.23. The van der Waals surface area contributed by atoms with E-state index in [9.17, 15) is 18.0 Å². The zero-order chi connectivity index (χ0) is 21.8. The van der Waals surface area contributed by atoms with E-state index in [1.54, 1.807) is 72.8 Å². The fourth-order valence-electron chi connectivity index (χ4n) is 2.75. The van der Waals surface area contributed by atoms with Crippen molar-refractivity contribution in [3.8, 4) is 11.5 Å². The molecule has 2 N–H and O–H groups in total. The molecular formula is C22H16N2O5S2. The maximum atomic E-state index is 12.5. The molecule has 31 heavy (non-hydrogen) atoms. The van der Waals surface area contributed by atoms with Gasteiger partial charge in [-0.25, -0.2) is 8.42 Å². The van der Waals surface area contributed by atoms with Gasteiger partial charge in [-0.1, -0.05) is 30.3 Å². The molecule has 7 nitrogen and oxygen atoms in total. The maximum absolute atomic E-state index is 12.5. The molecule has 4 rings (SSSR count). The normalized spacial score (nSPS) is 15.0. The van der Waals surface area contributed by atoms with Crippen molar-refractivity contribution in [3.05, 3.63) is 89.3 Å². The minimum absolute atomic E-state index is 0.118. The Kier molecular flexibility index (Phi) is 5.79. The SMILES string of the molecule is O=C1NC(=O)C(=Cc2ccc(Oc3ccc(S(=O)(=O)Nc4ccccc4)cc3)cc2)S1. The van der Waals surface area contributed by atoms with Crippen LogP contribution in [0.2, 0.25) is 0 Å². The summed E-state index contributed by atoms with van der Waals surface area (Å²) in [6.45, 7) is 0. The van der Waals surface area contributed by atoms with Gasteiger partial charge >= 0.3 is 0 Å². The summed E-state index contributed by atoms with van der Waals surface area (Å²) in [7, 11) is -3.70. The summed E-state index contributed by atoms with van der Waals surface area (Å²) < 4.78 is 33.2. The van der Waals surface area contributed by atoms with Crippen LogP contribution < -0.4 is 14.8 Å². The first-order chi connectivity index (χ1) is 14.9. The van der Waals surface area contributed by atoms with E-state index in [0.717, 1.165) is 17.3 Å². The van der Waals surface area contributed by atoms with E-state index in [1.165, 1.54) is 12.1 Å². The Morgan fingerprint density at radius 3 is 2.03 bits per heavy atom. The molecule has 0 bridgehead atoms. The Bertz CT molecular complexity index is 1250. The standard InChI is InChI=1S/C22H16N2O5S2/c25-21-20(30-22(26)23-21)14-15-6-8-17(9-7-15)29-18-10-12-19(13-11-18)31(27,28)24-16-4-2-1-3-5-16/h1-14,24H,(H,23,25,26). The van der Waals surface area contributed by atoms with Crippen LogP contribution in [0.15, 0.2) is 88.7 Å². The van der Waals surface area contributed by atoms with E-state index >= 15 is 0 Å².